The van der Waals surface area contributed by atoms with E-state index in [4.69, 9.17) is 6.42 Å². The molecule has 4 aromatic carbocycles. The van der Waals surface area contributed by atoms with Crippen molar-refractivity contribution in [2.45, 2.75) is 12.3 Å². The summed E-state index contributed by atoms with van der Waals surface area (Å²) in [4.78, 5) is 8.96. The third-order valence-corrected chi connectivity index (χ3v) is 7.29. The van der Waals surface area contributed by atoms with Crippen LogP contribution in [0.5, 0.6) is 0 Å². The van der Waals surface area contributed by atoms with Crippen molar-refractivity contribution in [3.05, 3.63) is 157 Å². The Labute approximate surface area is 236 Å². The van der Waals surface area contributed by atoms with Crippen LogP contribution < -0.4 is 0 Å². The molecule has 2 nitrogen and oxygen atoms in total. The Hall–Kier alpha value is -5.26. The summed E-state index contributed by atoms with van der Waals surface area (Å²) in [6.07, 6.45) is 10.6. The van der Waals surface area contributed by atoms with Crippen LogP contribution in [0.4, 0.5) is 0 Å². The summed E-state index contributed by atoms with van der Waals surface area (Å²) in [5.74, 6) is 3.04. The summed E-state index contributed by atoms with van der Waals surface area (Å²) < 4.78 is 0. The van der Waals surface area contributed by atoms with Crippen LogP contribution in [0.15, 0.2) is 146 Å². The summed E-state index contributed by atoms with van der Waals surface area (Å²) in [7, 11) is 0. The normalized spacial score (nSPS) is 11.5. The molecule has 0 aliphatic rings. The van der Waals surface area contributed by atoms with Gasteiger partial charge in [0.2, 0.25) is 0 Å². The molecular weight excluding hydrogens is 484 g/mol. The Balaban J connectivity index is 1.29. The highest BCUT2D eigenvalue weighted by Gasteiger charge is 2.17. The van der Waals surface area contributed by atoms with Crippen LogP contribution >= 0.6 is 0 Å². The molecule has 6 rings (SSSR count). The van der Waals surface area contributed by atoms with Gasteiger partial charge >= 0.3 is 0 Å². The fourth-order valence-electron chi connectivity index (χ4n) is 5.23. The van der Waals surface area contributed by atoms with Crippen molar-refractivity contribution < 1.29 is 0 Å². The van der Waals surface area contributed by atoms with Gasteiger partial charge in [-0.15, -0.1) is 6.42 Å². The molecule has 0 spiro atoms. The Morgan fingerprint density at radius 1 is 0.500 bits per heavy atom. The van der Waals surface area contributed by atoms with Crippen molar-refractivity contribution in [1.29, 1.82) is 0 Å². The number of pyridine rings is 2. The topological polar surface area (TPSA) is 25.8 Å². The number of benzene rings is 4. The highest BCUT2D eigenvalue weighted by Crippen LogP contribution is 2.35. The van der Waals surface area contributed by atoms with E-state index in [1.807, 2.05) is 48.8 Å². The quantitative estimate of drug-likeness (QED) is 0.199. The molecule has 2 heteroatoms. The van der Waals surface area contributed by atoms with Crippen LogP contribution in [0.2, 0.25) is 0 Å². The number of hydrogen-bond acceptors (Lipinski definition) is 2. The minimum atomic E-state index is -0.0689. The molecule has 6 aromatic rings. The Morgan fingerprint density at radius 3 is 1.52 bits per heavy atom. The lowest BCUT2D eigenvalue weighted by molar-refractivity contribution is 0.866. The van der Waals surface area contributed by atoms with E-state index in [2.05, 4.69) is 113 Å². The van der Waals surface area contributed by atoms with E-state index in [1.165, 1.54) is 16.7 Å². The van der Waals surface area contributed by atoms with Crippen LogP contribution in [-0.2, 0) is 6.42 Å². The van der Waals surface area contributed by atoms with Gasteiger partial charge in [0.1, 0.15) is 0 Å². The molecule has 190 valence electrons. The number of nitrogens with zero attached hydrogens (tertiary/aromatic N) is 2. The Bertz CT molecular complexity index is 1750. The smallest absolute Gasteiger partial charge is 0.0701 e. The Morgan fingerprint density at radius 2 is 0.975 bits per heavy atom. The molecule has 1 unspecified atom stereocenters. The molecule has 0 amide bonds. The first-order valence-electron chi connectivity index (χ1n) is 13.5. The first kappa shape index (κ1) is 25.0. The first-order valence-corrected chi connectivity index (χ1v) is 13.5. The van der Waals surface area contributed by atoms with Gasteiger partial charge in [-0.05, 0) is 64.1 Å². The largest absolute Gasteiger partial charge is 0.256 e. The SMILES string of the molecule is C#CC(Cc1ccccc1-c1ccc(-c2ccccn2)cc1)c1ccccc1-c1ccc(-c2ccccn2)cc1. The fraction of sp³-hybridized carbons (Fsp3) is 0.0526. The van der Waals surface area contributed by atoms with E-state index in [0.717, 1.165) is 45.6 Å². The minimum Gasteiger partial charge on any atom is -0.256 e. The monoisotopic (exact) mass is 512 g/mol. The van der Waals surface area contributed by atoms with Crippen molar-refractivity contribution in [2.24, 2.45) is 0 Å². The maximum Gasteiger partial charge on any atom is 0.0701 e. The van der Waals surface area contributed by atoms with E-state index >= 15 is 0 Å². The Kier molecular flexibility index (Phi) is 7.29. The number of hydrogen-bond donors (Lipinski definition) is 0. The van der Waals surface area contributed by atoms with Gasteiger partial charge in [0.15, 0.2) is 0 Å². The maximum atomic E-state index is 6.21. The summed E-state index contributed by atoms with van der Waals surface area (Å²) in [6, 6.07) is 46.2. The lowest BCUT2D eigenvalue weighted by atomic mass is 9.85. The molecule has 0 saturated carbocycles. The summed E-state index contributed by atoms with van der Waals surface area (Å²) >= 11 is 0. The number of terminal acetylenes is 1. The minimum absolute atomic E-state index is 0.0689. The number of rotatable bonds is 7. The molecule has 0 bridgehead atoms. The molecule has 40 heavy (non-hydrogen) atoms. The lowest BCUT2D eigenvalue weighted by Crippen LogP contribution is -2.04. The van der Waals surface area contributed by atoms with Crippen LogP contribution in [0.3, 0.4) is 0 Å². The average molecular weight is 513 g/mol. The van der Waals surface area contributed by atoms with Crippen molar-refractivity contribution >= 4 is 0 Å². The fourth-order valence-corrected chi connectivity index (χ4v) is 5.23. The maximum absolute atomic E-state index is 6.21. The number of aromatic nitrogens is 2. The van der Waals surface area contributed by atoms with Crippen molar-refractivity contribution in [3.8, 4) is 57.1 Å². The molecule has 0 N–H and O–H groups in total. The lowest BCUT2D eigenvalue weighted by Gasteiger charge is -2.19. The predicted octanol–water partition coefficient (Wildman–Crippen LogP) is 9.10. The third kappa shape index (κ3) is 5.32. The van der Waals surface area contributed by atoms with Gasteiger partial charge in [0.05, 0.1) is 11.4 Å². The molecule has 2 heterocycles. The highest BCUT2D eigenvalue weighted by atomic mass is 14.7. The summed E-state index contributed by atoms with van der Waals surface area (Å²) in [5.41, 5.74) is 11.2. The van der Waals surface area contributed by atoms with E-state index in [9.17, 15) is 0 Å². The molecule has 0 fully saturated rings. The summed E-state index contributed by atoms with van der Waals surface area (Å²) in [5, 5.41) is 0. The van der Waals surface area contributed by atoms with Crippen LogP contribution in [0.25, 0.3) is 44.8 Å². The zero-order valence-electron chi connectivity index (χ0n) is 22.1. The van der Waals surface area contributed by atoms with Crippen LogP contribution in [0.1, 0.15) is 17.0 Å². The molecular formula is C38H28N2. The van der Waals surface area contributed by atoms with Gasteiger partial charge in [0.25, 0.3) is 0 Å². The van der Waals surface area contributed by atoms with E-state index in [-0.39, 0.29) is 5.92 Å². The predicted molar refractivity (Wildman–Crippen MR) is 165 cm³/mol. The summed E-state index contributed by atoms with van der Waals surface area (Å²) in [6.45, 7) is 0. The van der Waals surface area contributed by atoms with E-state index in [1.54, 1.807) is 0 Å². The second-order valence-corrected chi connectivity index (χ2v) is 9.75. The zero-order valence-corrected chi connectivity index (χ0v) is 22.1. The zero-order chi connectivity index (χ0) is 27.1. The first-order chi connectivity index (χ1) is 19.8. The van der Waals surface area contributed by atoms with Crippen molar-refractivity contribution in [1.82, 2.24) is 9.97 Å². The van der Waals surface area contributed by atoms with E-state index in [0.29, 0.717) is 0 Å². The van der Waals surface area contributed by atoms with Crippen LogP contribution in [-0.4, -0.2) is 9.97 Å². The molecule has 0 radical (unpaired) electrons. The molecule has 2 aromatic heterocycles. The molecule has 0 saturated heterocycles. The van der Waals surface area contributed by atoms with E-state index < -0.39 is 0 Å². The van der Waals surface area contributed by atoms with Crippen molar-refractivity contribution in [2.75, 3.05) is 0 Å². The average Bonchev–Trinajstić information content (AvgIpc) is 3.05. The standard InChI is InChI=1S/C38H28N2/c1-2-28(35-13-5-6-14-36(35)30-19-23-32(24-20-30)38-16-8-10-26-40-38)27-33-11-3-4-12-34(33)29-17-21-31(22-18-29)37-15-7-9-25-39-37/h1,3-26,28H,27H2. The van der Waals surface area contributed by atoms with Crippen molar-refractivity contribution in [3.63, 3.8) is 0 Å². The van der Waals surface area contributed by atoms with Gasteiger partial charge in [0, 0.05) is 29.4 Å². The second-order valence-electron chi connectivity index (χ2n) is 9.75. The van der Waals surface area contributed by atoms with Gasteiger partial charge in [-0.25, -0.2) is 0 Å². The highest BCUT2D eigenvalue weighted by molar-refractivity contribution is 5.74. The second kappa shape index (κ2) is 11.6. The van der Waals surface area contributed by atoms with Gasteiger partial charge in [-0.3, -0.25) is 9.97 Å². The van der Waals surface area contributed by atoms with Gasteiger partial charge < -0.3 is 0 Å². The molecule has 1 atom stereocenters. The molecule has 0 aliphatic heterocycles. The third-order valence-electron chi connectivity index (χ3n) is 7.29. The van der Waals surface area contributed by atoms with Gasteiger partial charge in [-0.1, -0.05) is 115 Å². The van der Waals surface area contributed by atoms with Crippen LogP contribution in [0, 0.1) is 12.3 Å². The van der Waals surface area contributed by atoms with Gasteiger partial charge in [-0.2, -0.15) is 0 Å². The molecule has 0 aliphatic carbocycles.